The molecule has 0 amide bonds. The van der Waals surface area contributed by atoms with Crippen molar-refractivity contribution < 1.29 is 13.5 Å². The first-order chi connectivity index (χ1) is 7.27. The Morgan fingerprint density at radius 3 is 2.44 bits per heavy atom. The molecule has 0 heterocycles. The Balaban J connectivity index is 3.35. The lowest BCUT2D eigenvalue weighted by Crippen LogP contribution is -2.33. The lowest BCUT2D eigenvalue weighted by Gasteiger charge is -2.20. The Morgan fingerprint density at radius 1 is 1.31 bits per heavy atom. The molecule has 4 nitrogen and oxygen atoms in total. The third-order valence-corrected chi connectivity index (χ3v) is 4.57. The highest BCUT2D eigenvalue weighted by Crippen LogP contribution is 2.14. The summed E-state index contributed by atoms with van der Waals surface area (Å²) < 4.78 is 21.7. The molecule has 98 valence electrons. The standard InChI is InChI=1S/C10H23NO3S2/c1-10(12,9-11)5-3-4-6-15-7-8-16(2,13)14/h12H,3-9,11H2,1-2H3. The van der Waals surface area contributed by atoms with Crippen molar-refractivity contribution in [3.05, 3.63) is 0 Å². The number of rotatable bonds is 9. The SMILES string of the molecule is CC(O)(CN)CCCCSCCS(C)(=O)=O. The Morgan fingerprint density at radius 2 is 1.94 bits per heavy atom. The minimum atomic E-state index is -2.82. The largest absolute Gasteiger partial charge is 0.389 e. The van der Waals surface area contributed by atoms with Crippen molar-refractivity contribution in [2.45, 2.75) is 31.8 Å². The van der Waals surface area contributed by atoms with Crippen LogP contribution in [0.3, 0.4) is 0 Å². The number of hydrogen-bond donors (Lipinski definition) is 2. The second-order valence-corrected chi connectivity index (χ2v) is 7.88. The molecule has 0 aromatic carbocycles. The zero-order valence-electron chi connectivity index (χ0n) is 10.1. The van der Waals surface area contributed by atoms with Gasteiger partial charge in [-0.1, -0.05) is 0 Å². The van der Waals surface area contributed by atoms with Crippen LogP contribution in [-0.4, -0.2) is 49.2 Å². The monoisotopic (exact) mass is 269 g/mol. The van der Waals surface area contributed by atoms with Crippen LogP contribution in [0, 0.1) is 0 Å². The summed E-state index contributed by atoms with van der Waals surface area (Å²) in [5.74, 6) is 1.85. The van der Waals surface area contributed by atoms with Gasteiger partial charge in [0.2, 0.25) is 0 Å². The Hall–Kier alpha value is 0.220. The van der Waals surface area contributed by atoms with E-state index >= 15 is 0 Å². The van der Waals surface area contributed by atoms with Gasteiger partial charge >= 0.3 is 0 Å². The molecule has 0 aliphatic heterocycles. The third-order valence-electron chi connectivity index (χ3n) is 2.29. The fourth-order valence-electron chi connectivity index (χ4n) is 1.12. The number of unbranched alkanes of at least 4 members (excludes halogenated alkanes) is 1. The first-order valence-electron chi connectivity index (χ1n) is 5.45. The molecule has 0 bridgehead atoms. The van der Waals surface area contributed by atoms with E-state index in [4.69, 9.17) is 5.73 Å². The average molecular weight is 269 g/mol. The Kier molecular flexibility index (Phi) is 7.63. The van der Waals surface area contributed by atoms with Crippen molar-refractivity contribution in [2.24, 2.45) is 5.73 Å². The van der Waals surface area contributed by atoms with Crippen LogP contribution in [0.1, 0.15) is 26.2 Å². The molecule has 0 saturated heterocycles. The molecule has 6 heteroatoms. The number of hydrogen-bond acceptors (Lipinski definition) is 5. The quantitative estimate of drug-likeness (QED) is 0.601. The van der Waals surface area contributed by atoms with Crippen molar-refractivity contribution in [3.63, 3.8) is 0 Å². The molecule has 0 aromatic heterocycles. The summed E-state index contributed by atoms with van der Waals surface area (Å²) >= 11 is 1.65. The summed E-state index contributed by atoms with van der Waals surface area (Å²) in [5, 5.41) is 9.62. The Labute approximate surface area is 103 Å². The second kappa shape index (κ2) is 7.53. The summed E-state index contributed by atoms with van der Waals surface area (Å²) in [7, 11) is -2.82. The van der Waals surface area contributed by atoms with Gasteiger partial charge in [0.05, 0.1) is 11.4 Å². The lowest BCUT2D eigenvalue weighted by atomic mass is 10.00. The smallest absolute Gasteiger partial charge is 0.148 e. The van der Waals surface area contributed by atoms with E-state index in [9.17, 15) is 13.5 Å². The molecule has 0 fully saturated rings. The molecule has 3 N–H and O–H groups in total. The van der Waals surface area contributed by atoms with E-state index in [2.05, 4.69) is 0 Å². The second-order valence-electron chi connectivity index (χ2n) is 4.40. The number of aliphatic hydroxyl groups is 1. The highest BCUT2D eigenvalue weighted by atomic mass is 32.2. The van der Waals surface area contributed by atoms with Crippen LogP contribution in [-0.2, 0) is 9.84 Å². The van der Waals surface area contributed by atoms with Gasteiger partial charge in [-0.3, -0.25) is 0 Å². The molecule has 0 spiro atoms. The topological polar surface area (TPSA) is 80.4 Å². The fourth-order valence-corrected chi connectivity index (χ4v) is 3.42. The van der Waals surface area contributed by atoms with Gasteiger partial charge in [-0.15, -0.1) is 0 Å². The van der Waals surface area contributed by atoms with E-state index in [0.717, 1.165) is 18.6 Å². The molecular weight excluding hydrogens is 246 g/mol. The zero-order valence-corrected chi connectivity index (χ0v) is 11.7. The molecule has 1 atom stereocenters. The van der Waals surface area contributed by atoms with Crippen LogP contribution in [0.5, 0.6) is 0 Å². The average Bonchev–Trinajstić information content (AvgIpc) is 2.14. The molecule has 0 radical (unpaired) electrons. The van der Waals surface area contributed by atoms with Crippen molar-refractivity contribution in [3.8, 4) is 0 Å². The summed E-state index contributed by atoms with van der Waals surface area (Å²) in [4.78, 5) is 0. The normalized spacial score (nSPS) is 16.0. The van der Waals surface area contributed by atoms with E-state index < -0.39 is 15.4 Å². The van der Waals surface area contributed by atoms with Crippen LogP contribution in [0.4, 0.5) is 0 Å². The van der Waals surface area contributed by atoms with Crippen molar-refractivity contribution in [1.82, 2.24) is 0 Å². The lowest BCUT2D eigenvalue weighted by molar-refractivity contribution is 0.0577. The number of thioether (sulfide) groups is 1. The van der Waals surface area contributed by atoms with Gasteiger partial charge in [-0.05, 0) is 31.9 Å². The van der Waals surface area contributed by atoms with Crippen LogP contribution >= 0.6 is 11.8 Å². The molecule has 0 aromatic rings. The van der Waals surface area contributed by atoms with Crippen LogP contribution in [0.2, 0.25) is 0 Å². The molecular formula is C10H23NO3S2. The van der Waals surface area contributed by atoms with Crippen LogP contribution in [0.25, 0.3) is 0 Å². The maximum atomic E-state index is 10.8. The van der Waals surface area contributed by atoms with Gasteiger partial charge in [0.25, 0.3) is 0 Å². The minimum absolute atomic E-state index is 0.248. The van der Waals surface area contributed by atoms with Gasteiger partial charge in [-0.2, -0.15) is 11.8 Å². The first-order valence-corrected chi connectivity index (χ1v) is 8.66. The molecule has 0 saturated carbocycles. The fraction of sp³-hybridized carbons (Fsp3) is 1.00. The third kappa shape index (κ3) is 10.7. The molecule has 1 unspecified atom stereocenters. The summed E-state index contributed by atoms with van der Waals surface area (Å²) in [6, 6.07) is 0. The van der Waals surface area contributed by atoms with Crippen molar-refractivity contribution in [1.29, 1.82) is 0 Å². The van der Waals surface area contributed by atoms with Gasteiger partial charge in [0.1, 0.15) is 9.84 Å². The van der Waals surface area contributed by atoms with Crippen LogP contribution in [0.15, 0.2) is 0 Å². The van der Waals surface area contributed by atoms with E-state index in [0.29, 0.717) is 12.2 Å². The van der Waals surface area contributed by atoms with Gasteiger partial charge in [0.15, 0.2) is 0 Å². The van der Waals surface area contributed by atoms with E-state index in [1.807, 2.05) is 0 Å². The number of sulfone groups is 1. The summed E-state index contributed by atoms with van der Waals surface area (Å²) in [5.41, 5.74) is 4.64. The van der Waals surface area contributed by atoms with Crippen LogP contribution < -0.4 is 5.73 Å². The summed E-state index contributed by atoms with van der Waals surface area (Å²) in [6.45, 7) is 2.03. The molecule has 0 aliphatic carbocycles. The predicted molar refractivity (Wildman–Crippen MR) is 70.6 cm³/mol. The first kappa shape index (κ1) is 16.2. The minimum Gasteiger partial charge on any atom is -0.389 e. The molecule has 0 aliphatic rings. The van der Waals surface area contributed by atoms with Crippen molar-refractivity contribution >= 4 is 21.6 Å². The predicted octanol–water partition coefficient (Wildman–Crippen LogP) is 0.644. The van der Waals surface area contributed by atoms with Crippen molar-refractivity contribution in [2.75, 3.05) is 30.1 Å². The van der Waals surface area contributed by atoms with E-state index in [-0.39, 0.29) is 12.3 Å². The molecule has 0 rings (SSSR count). The van der Waals surface area contributed by atoms with E-state index in [1.54, 1.807) is 18.7 Å². The molecule has 16 heavy (non-hydrogen) atoms. The summed E-state index contributed by atoms with van der Waals surface area (Å²) in [6.07, 6.45) is 3.88. The van der Waals surface area contributed by atoms with Gasteiger partial charge in [0, 0.05) is 18.6 Å². The van der Waals surface area contributed by atoms with Gasteiger partial charge < -0.3 is 10.8 Å². The van der Waals surface area contributed by atoms with E-state index in [1.165, 1.54) is 6.26 Å². The maximum absolute atomic E-state index is 10.8. The highest BCUT2D eigenvalue weighted by molar-refractivity contribution is 8.00. The maximum Gasteiger partial charge on any atom is 0.148 e. The highest BCUT2D eigenvalue weighted by Gasteiger charge is 2.16. The van der Waals surface area contributed by atoms with Gasteiger partial charge in [-0.25, -0.2) is 8.42 Å². The Bertz CT molecular complexity index is 276. The zero-order chi connectivity index (χ0) is 12.7. The number of nitrogens with two attached hydrogens (primary N) is 1.